The molecule has 1 aliphatic heterocycles. The van der Waals surface area contributed by atoms with Gasteiger partial charge in [-0.2, -0.15) is 0 Å². The van der Waals surface area contributed by atoms with Crippen LogP contribution >= 0.6 is 0 Å². The first-order chi connectivity index (χ1) is 10.8. The highest BCUT2D eigenvalue weighted by atomic mass is 16.7. The Morgan fingerprint density at radius 1 is 1.30 bits per heavy atom. The van der Waals surface area contributed by atoms with Crippen LogP contribution in [0.3, 0.4) is 0 Å². The number of hydrogen-bond donors (Lipinski definition) is 1. The molecule has 5 heteroatoms. The number of aromatic hydroxyl groups is 1. The molecule has 1 N–H and O–H groups in total. The summed E-state index contributed by atoms with van der Waals surface area (Å²) in [5, 5.41) is 9.52. The fourth-order valence-corrected chi connectivity index (χ4v) is 3.07. The van der Waals surface area contributed by atoms with Crippen LogP contribution in [0.25, 0.3) is 0 Å². The molecule has 1 aliphatic rings. The third-order valence-corrected chi connectivity index (χ3v) is 4.62. The minimum Gasteiger partial charge on any atom is -0.508 e. The van der Waals surface area contributed by atoms with Crippen molar-refractivity contribution in [1.82, 2.24) is 0 Å². The summed E-state index contributed by atoms with van der Waals surface area (Å²) in [6, 6.07) is 4.89. The number of phenolic OH excluding ortho intramolecular Hbond substituents is 1. The van der Waals surface area contributed by atoms with Gasteiger partial charge in [0.05, 0.1) is 6.10 Å². The van der Waals surface area contributed by atoms with Crippen LogP contribution in [-0.2, 0) is 14.3 Å². The smallest absolute Gasteiger partial charge is 0.303 e. The molecule has 23 heavy (non-hydrogen) atoms. The molecular weight excluding hydrogens is 296 g/mol. The Bertz CT molecular complexity index is 556. The van der Waals surface area contributed by atoms with E-state index in [0.29, 0.717) is 5.75 Å². The highest BCUT2D eigenvalue weighted by molar-refractivity contribution is 5.66. The van der Waals surface area contributed by atoms with Crippen LogP contribution in [0.15, 0.2) is 18.2 Å². The fraction of sp³-hybridized carbons (Fsp3) is 0.611. The molecule has 1 aromatic rings. The number of rotatable bonds is 4. The molecular formula is C18H26O5. The van der Waals surface area contributed by atoms with Crippen molar-refractivity contribution >= 4 is 5.97 Å². The second kappa shape index (κ2) is 7.21. The van der Waals surface area contributed by atoms with Gasteiger partial charge in [0.25, 0.3) is 0 Å². The van der Waals surface area contributed by atoms with Crippen LogP contribution in [0.4, 0.5) is 0 Å². The predicted molar refractivity (Wildman–Crippen MR) is 86.3 cm³/mol. The average molecular weight is 322 g/mol. The van der Waals surface area contributed by atoms with E-state index in [1.807, 2.05) is 6.92 Å². The predicted octanol–water partition coefficient (Wildman–Crippen LogP) is 3.42. The number of benzene rings is 1. The van der Waals surface area contributed by atoms with Crippen LogP contribution in [0, 0.1) is 18.8 Å². The van der Waals surface area contributed by atoms with Crippen molar-refractivity contribution < 1.29 is 24.1 Å². The van der Waals surface area contributed by atoms with Crippen LogP contribution in [0.2, 0.25) is 0 Å². The van der Waals surface area contributed by atoms with Gasteiger partial charge in [0.1, 0.15) is 11.5 Å². The van der Waals surface area contributed by atoms with E-state index in [1.165, 1.54) is 6.92 Å². The van der Waals surface area contributed by atoms with Gasteiger partial charge >= 0.3 is 5.97 Å². The summed E-state index contributed by atoms with van der Waals surface area (Å²) >= 11 is 0. The van der Waals surface area contributed by atoms with Crippen molar-refractivity contribution in [3.63, 3.8) is 0 Å². The SMILES string of the molecule is CCC1OC(Oc2ccc(O)cc2C)C(OC(C)=O)C(C)C1C. The molecule has 1 saturated heterocycles. The molecule has 0 aromatic heterocycles. The number of phenols is 1. The van der Waals surface area contributed by atoms with Gasteiger partial charge in [0, 0.05) is 12.8 Å². The Morgan fingerprint density at radius 3 is 2.57 bits per heavy atom. The van der Waals surface area contributed by atoms with Crippen molar-refractivity contribution in [2.75, 3.05) is 0 Å². The van der Waals surface area contributed by atoms with Gasteiger partial charge in [-0.1, -0.05) is 20.8 Å². The van der Waals surface area contributed by atoms with Crippen molar-refractivity contribution in [3.8, 4) is 11.5 Å². The summed E-state index contributed by atoms with van der Waals surface area (Å²) in [5.74, 6) is 0.847. The van der Waals surface area contributed by atoms with Gasteiger partial charge in [-0.15, -0.1) is 0 Å². The molecule has 1 fully saturated rings. The van der Waals surface area contributed by atoms with Gasteiger partial charge < -0.3 is 19.3 Å². The first-order valence-corrected chi connectivity index (χ1v) is 8.12. The lowest BCUT2D eigenvalue weighted by molar-refractivity contribution is -0.247. The Kier molecular flexibility index (Phi) is 5.52. The molecule has 0 amide bonds. The summed E-state index contributed by atoms with van der Waals surface area (Å²) in [5.41, 5.74) is 0.800. The number of carbonyl (C=O) groups is 1. The van der Waals surface area contributed by atoms with Crippen LogP contribution in [0.1, 0.15) is 39.7 Å². The second-order valence-corrected chi connectivity index (χ2v) is 6.31. The van der Waals surface area contributed by atoms with E-state index in [1.54, 1.807) is 18.2 Å². The minimum absolute atomic E-state index is 0.0548. The van der Waals surface area contributed by atoms with E-state index >= 15 is 0 Å². The highest BCUT2D eigenvalue weighted by Crippen LogP contribution is 2.36. The zero-order chi connectivity index (χ0) is 17.1. The summed E-state index contributed by atoms with van der Waals surface area (Å²) in [6.45, 7) is 9.48. The summed E-state index contributed by atoms with van der Waals surface area (Å²) in [7, 11) is 0. The highest BCUT2D eigenvalue weighted by Gasteiger charge is 2.44. The molecule has 1 aromatic carbocycles. The maximum atomic E-state index is 11.5. The summed E-state index contributed by atoms with van der Waals surface area (Å²) < 4.78 is 17.5. The van der Waals surface area contributed by atoms with E-state index < -0.39 is 12.4 Å². The molecule has 0 saturated carbocycles. The number of aryl methyl sites for hydroxylation is 1. The average Bonchev–Trinajstić information content (AvgIpc) is 2.48. The number of hydrogen-bond acceptors (Lipinski definition) is 5. The Morgan fingerprint density at radius 2 is 2.00 bits per heavy atom. The standard InChI is InChI=1S/C18H26O5/c1-6-15-11(3)12(4)17(21-13(5)19)18(22-15)23-16-8-7-14(20)9-10(16)2/h7-9,11-12,15,17-18,20H,6H2,1-5H3. The van der Waals surface area contributed by atoms with Crippen molar-refractivity contribution in [3.05, 3.63) is 23.8 Å². The molecule has 128 valence electrons. The number of esters is 1. The first kappa shape index (κ1) is 17.6. The van der Waals surface area contributed by atoms with Gasteiger partial charge in [-0.25, -0.2) is 0 Å². The van der Waals surface area contributed by atoms with Crippen LogP contribution < -0.4 is 4.74 Å². The maximum absolute atomic E-state index is 11.5. The molecule has 0 aliphatic carbocycles. The molecule has 0 bridgehead atoms. The zero-order valence-electron chi connectivity index (χ0n) is 14.4. The lowest BCUT2D eigenvalue weighted by Crippen LogP contribution is -2.53. The number of carbonyl (C=O) groups excluding carboxylic acids is 1. The summed E-state index contributed by atoms with van der Waals surface area (Å²) in [6.07, 6.45) is -0.191. The minimum atomic E-state index is -0.654. The quantitative estimate of drug-likeness (QED) is 0.861. The largest absolute Gasteiger partial charge is 0.508 e. The topological polar surface area (TPSA) is 65.0 Å². The van der Waals surface area contributed by atoms with Crippen LogP contribution in [-0.4, -0.2) is 29.6 Å². The van der Waals surface area contributed by atoms with E-state index in [9.17, 15) is 9.90 Å². The fourth-order valence-electron chi connectivity index (χ4n) is 3.07. The van der Waals surface area contributed by atoms with Gasteiger partial charge in [-0.05, 0) is 43.0 Å². The Hall–Kier alpha value is -1.75. The molecule has 5 nitrogen and oxygen atoms in total. The molecule has 0 radical (unpaired) electrons. The van der Waals surface area contributed by atoms with E-state index in [4.69, 9.17) is 14.2 Å². The van der Waals surface area contributed by atoms with E-state index in [-0.39, 0.29) is 29.7 Å². The third-order valence-electron chi connectivity index (χ3n) is 4.62. The van der Waals surface area contributed by atoms with Crippen molar-refractivity contribution in [1.29, 1.82) is 0 Å². The van der Waals surface area contributed by atoms with E-state index in [2.05, 4.69) is 20.8 Å². The molecule has 2 rings (SSSR count). The van der Waals surface area contributed by atoms with Gasteiger partial charge in [0.2, 0.25) is 6.29 Å². The van der Waals surface area contributed by atoms with Gasteiger partial charge in [-0.3, -0.25) is 4.79 Å². The third kappa shape index (κ3) is 3.96. The van der Waals surface area contributed by atoms with Gasteiger partial charge in [0.15, 0.2) is 6.10 Å². The second-order valence-electron chi connectivity index (χ2n) is 6.31. The summed E-state index contributed by atoms with van der Waals surface area (Å²) in [4.78, 5) is 11.5. The molecule has 5 atom stereocenters. The van der Waals surface area contributed by atoms with Crippen molar-refractivity contribution in [2.24, 2.45) is 11.8 Å². The lowest BCUT2D eigenvalue weighted by Gasteiger charge is -2.43. The molecule has 5 unspecified atom stereocenters. The van der Waals surface area contributed by atoms with E-state index in [0.717, 1.165) is 12.0 Å². The maximum Gasteiger partial charge on any atom is 0.303 e. The first-order valence-electron chi connectivity index (χ1n) is 8.12. The molecule has 1 heterocycles. The monoisotopic (exact) mass is 322 g/mol. The Balaban J connectivity index is 2.25. The normalized spacial score (nSPS) is 30.7. The lowest BCUT2D eigenvalue weighted by atomic mass is 9.82. The number of ether oxygens (including phenoxy) is 3. The molecule has 0 spiro atoms. The van der Waals surface area contributed by atoms with Crippen LogP contribution in [0.5, 0.6) is 11.5 Å². The zero-order valence-corrected chi connectivity index (χ0v) is 14.4. The van der Waals surface area contributed by atoms with Crippen molar-refractivity contribution in [2.45, 2.75) is 59.5 Å². The Labute approximate surface area is 137 Å².